The van der Waals surface area contributed by atoms with Crippen molar-refractivity contribution >= 4 is 33.8 Å². The number of carbonyl (C=O) groups is 2. The minimum absolute atomic E-state index is 0.0215. The standard InChI is InChI=1S/C38H39FN6O4/c1-49-33-14-25(37(47)44-20-24-8-11-31(44)34(24)40)12-29-35(33)45(19-22-16-42(17-22)38(48)27-10-9-26(46)15-28(27)39)36(41-29)32-13-23-4-2-3-5-30(23)43(32)18-21-6-7-21/h2-5,9-10,12-15,21-22,24,31,34,46H,6-8,11,16-20,40H2,1H3/t24-,31-,34-/m1/s1. The molecule has 10 nitrogen and oxygen atoms in total. The molecule has 3 N–H and O–H groups in total. The van der Waals surface area contributed by atoms with Crippen molar-refractivity contribution in [1.29, 1.82) is 0 Å². The van der Waals surface area contributed by atoms with Gasteiger partial charge in [0.05, 0.1) is 23.9 Å². The van der Waals surface area contributed by atoms with Crippen LogP contribution in [0.3, 0.4) is 0 Å². The molecule has 2 aliphatic heterocycles. The van der Waals surface area contributed by atoms with Crippen molar-refractivity contribution in [1.82, 2.24) is 23.9 Å². The number of carbonyl (C=O) groups excluding carboxylic acids is 2. The number of aromatic hydroxyl groups is 1. The maximum atomic E-state index is 14.5. The third-order valence-electron chi connectivity index (χ3n) is 11.2. The Morgan fingerprint density at radius 2 is 1.73 bits per heavy atom. The lowest BCUT2D eigenvalue weighted by Gasteiger charge is -2.40. The van der Waals surface area contributed by atoms with Gasteiger partial charge in [0, 0.05) is 73.3 Å². The van der Waals surface area contributed by atoms with Crippen molar-refractivity contribution in [3.63, 3.8) is 0 Å². The number of imidazole rings is 1. The zero-order valence-corrected chi connectivity index (χ0v) is 27.4. The van der Waals surface area contributed by atoms with Gasteiger partial charge in [-0.1, -0.05) is 18.2 Å². The first-order valence-corrected chi connectivity index (χ1v) is 17.3. The van der Waals surface area contributed by atoms with Crippen LogP contribution in [-0.4, -0.2) is 79.7 Å². The van der Waals surface area contributed by atoms with Crippen LogP contribution in [0.1, 0.15) is 46.4 Å². The smallest absolute Gasteiger partial charge is 0.256 e. The van der Waals surface area contributed by atoms with E-state index in [1.807, 2.05) is 23.1 Å². The van der Waals surface area contributed by atoms with Crippen LogP contribution in [0.15, 0.2) is 60.7 Å². The summed E-state index contributed by atoms with van der Waals surface area (Å²) in [6.07, 6.45) is 4.41. The molecule has 0 radical (unpaired) electrons. The van der Waals surface area contributed by atoms with Crippen molar-refractivity contribution in [3.05, 3.63) is 77.6 Å². The van der Waals surface area contributed by atoms with E-state index in [0.717, 1.165) is 53.4 Å². The van der Waals surface area contributed by atoms with Gasteiger partial charge in [-0.15, -0.1) is 0 Å². The van der Waals surface area contributed by atoms with Crippen LogP contribution in [0.4, 0.5) is 4.39 Å². The molecule has 4 aliphatic rings. The highest BCUT2D eigenvalue weighted by atomic mass is 19.1. The van der Waals surface area contributed by atoms with Gasteiger partial charge in [0.2, 0.25) is 0 Å². The molecular weight excluding hydrogens is 623 g/mol. The number of phenols is 1. The molecule has 2 aliphatic carbocycles. The number of piperidine rings is 1. The first kappa shape index (κ1) is 30.2. The van der Waals surface area contributed by atoms with Gasteiger partial charge in [-0.2, -0.15) is 0 Å². The molecule has 49 heavy (non-hydrogen) atoms. The van der Waals surface area contributed by atoms with Crippen molar-refractivity contribution in [2.75, 3.05) is 26.7 Å². The summed E-state index contributed by atoms with van der Waals surface area (Å²) in [7, 11) is 1.62. The lowest BCUT2D eigenvalue weighted by molar-refractivity contribution is 0.0466. The highest BCUT2D eigenvalue weighted by Crippen LogP contribution is 2.41. The monoisotopic (exact) mass is 662 g/mol. The quantitative estimate of drug-likeness (QED) is 0.234. The van der Waals surface area contributed by atoms with Gasteiger partial charge in [0.15, 0.2) is 5.82 Å². The van der Waals surface area contributed by atoms with E-state index in [4.69, 9.17) is 15.5 Å². The summed E-state index contributed by atoms with van der Waals surface area (Å²) in [6.45, 7) is 3.01. The number of methoxy groups -OCH3 is 1. The van der Waals surface area contributed by atoms with Gasteiger partial charge in [0.25, 0.3) is 11.8 Å². The number of fused-ring (bicyclic) bond motifs is 4. The molecule has 11 heteroatoms. The fraction of sp³-hybridized carbons (Fsp3) is 0.395. The molecule has 0 unspecified atom stereocenters. The van der Waals surface area contributed by atoms with Gasteiger partial charge in [0.1, 0.15) is 22.8 Å². The number of likely N-dealkylation sites (tertiary alicyclic amines) is 2. The van der Waals surface area contributed by atoms with Gasteiger partial charge < -0.3 is 34.5 Å². The summed E-state index contributed by atoms with van der Waals surface area (Å²) in [5.74, 6) is 1.000. The number of nitrogens with zero attached hydrogens (tertiary/aromatic N) is 5. The van der Waals surface area contributed by atoms with Crippen LogP contribution in [0, 0.1) is 23.6 Å². The third-order valence-corrected chi connectivity index (χ3v) is 11.2. The average molecular weight is 663 g/mol. The van der Waals surface area contributed by atoms with Gasteiger partial charge >= 0.3 is 0 Å². The van der Waals surface area contributed by atoms with E-state index in [1.54, 1.807) is 12.0 Å². The predicted molar refractivity (Wildman–Crippen MR) is 183 cm³/mol. The number of nitrogens with two attached hydrogens (primary N) is 1. The van der Waals surface area contributed by atoms with E-state index in [-0.39, 0.29) is 35.2 Å². The Hall–Kier alpha value is -4.90. The largest absolute Gasteiger partial charge is 0.508 e. The number of rotatable bonds is 8. The first-order chi connectivity index (χ1) is 23.8. The van der Waals surface area contributed by atoms with Gasteiger partial charge in [-0.05, 0) is 73.9 Å². The molecule has 9 rings (SSSR count). The molecule has 4 fully saturated rings. The van der Waals surface area contributed by atoms with Crippen molar-refractivity contribution in [2.45, 2.75) is 50.9 Å². The summed E-state index contributed by atoms with van der Waals surface area (Å²) < 4.78 is 25.1. The zero-order valence-electron chi connectivity index (χ0n) is 27.4. The maximum Gasteiger partial charge on any atom is 0.256 e. The van der Waals surface area contributed by atoms with Crippen LogP contribution in [0.25, 0.3) is 33.5 Å². The molecule has 2 saturated carbocycles. The average Bonchev–Trinajstić information content (AvgIpc) is 3.43. The van der Waals surface area contributed by atoms with Crippen LogP contribution >= 0.6 is 0 Å². The molecule has 0 spiro atoms. The molecule has 2 amide bonds. The van der Waals surface area contributed by atoms with Crippen LogP contribution in [0.2, 0.25) is 0 Å². The minimum atomic E-state index is -0.737. The van der Waals surface area contributed by atoms with Gasteiger partial charge in [-0.25, -0.2) is 9.37 Å². The summed E-state index contributed by atoms with van der Waals surface area (Å²) in [5.41, 5.74) is 10.6. The number of phenolic OH excluding ortho intramolecular Hbond substituents is 1. The number of ether oxygens (including phenoxy) is 1. The fourth-order valence-corrected chi connectivity index (χ4v) is 8.44. The first-order valence-electron chi connectivity index (χ1n) is 17.3. The zero-order chi connectivity index (χ0) is 33.6. The molecule has 2 aromatic heterocycles. The van der Waals surface area contributed by atoms with E-state index in [0.29, 0.717) is 54.8 Å². The Kier molecular flexibility index (Phi) is 6.98. The number of halogens is 1. The number of para-hydroxylation sites is 1. The second-order valence-electron chi connectivity index (χ2n) is 14.4. The summed E-state index contributed by atoms with van der Waals surface area (Å²) >= 11 is 0. The Balaban J connectivity index is 1.11. The number of benzene rings is 3. The molecule has 3 atom stereocenters. The Labute approximate surface area is 282 Å². The normalized spacial score (nSPS) is 22.0. The number of hydrogen-bond acceptors (Lipinski definition) is 6. The number of hydrogen-bond donors (Lipinski definition) is 2. The Bertz CT molecular complexity index is 2150. The Morgan fingerprint density at radius 1 is 0.939 bits per heavy atom. The third kappa shape index (κ3) is 4.96. The topological polar surface area (TPSA) is 119 Å². The van der Waals surface area contributed by atoms with E-state index < -0.39 is 11.7 Å². The van der Waals surface area contributed by atoms with Crippen molar-refractivity contribution < 1.29 is 23.8 Å². The molecule has 2 saturated heterocycles. The summed E-state index contributed by atoms with van der Waals surface area (Å²) in [5, 5.41) is 10.7. The fourth-order valence-electron chi connectivity index (χ4n) is 8.44. The van der Waals surface area contributed by atoms with Crippen molar-refractivity contribution in [2.24, 2.45) is 23.5 Å². The van der Waals surface area contributed by atoms with Crippen LogP contribution < -0.4 is 10.5 Å². The van der Waals surface area contributed by atoms with Gasteiger partial charge in [-0.3, -0.25) is 9.59 Å². The lowest BCUT2D eigenvalue weighted by Crippen LogP contribution is -2.51. The van der Waals surface area contributed by atoms with Crippen LogP contribution in [-0.2, 0) is 13.1 Å². The molecule has 4 heterocycles. The number of amides is 2. The van der Waals surface area contributed by atoms with Crippen molar-refractivity contribution in [3.8, 4) is 23.0 Å². The second kappa shape index (κ2) is 11.3. The maximum absolute atomic E-state index is 14.5. The molecule has 5 aromatic rings. The van der Waals surface area contributed by atoms with E-state index in [9.17, 15) is 19.1 Å². The summed E-state index contributed by atoms with van der Waals surface area (Å²) in [4.78, 5) is 35.9. The van der Waals surface area contributed by atoms with Crippen LogP contribution in [0.5, 0.6) is 11.5 Å². The van der Waals surface area contributed by atoms with E-state index in [2.05, 4.69) is 33.4 Å². The highest BCUT2D eigenvalue weighted by Gasteiger charge is 2.47. The SMILES string of the molecule is COc1cc(C(=O)N2C[C@H]3CC[C@@H]2[C@@H]3N)cc2nc(-c3cc4ccccc4n3CC3CC3)n(CC3CN(C(=O)c4ccc(O)cc4F)C3)c12. The molecule has 3 aromatic carbocycles. The molecule has 252 valence electrons. The lowest BCUT2D eigenvalue weighted by atomic mass is 9.98. The number of aromatic nitrogens is 3. The van der Waals surface area contributed by atoms with E-state index >= 15 is 0 Å². The molecule has 2 bridgehead atoms. The Morgan fingerprint density at radius 3 is 2.45 bits per heavy atom. The second-order valence-corrected chi connectivity index (χ2v) is 14.4. The highest BCUT2D eigenvalue weighted by molar-refractivity contribution is 6.01. The molecular formula is C38H39FN6O4. The predicted octanol–water partition coefficient (Wildman–Crippen LogP) is 5.26. The minimum Gasteiger partial charge on any atom is -0.508 e. The summed E-state index contributed by atoms with van der Waals surface area (Å²) in [6, 6.07) is 18.0. The van der Waals surface area contributed by atoms with E-state index in [1.165, 1.54) is 25.0 Å².